The van der Waals surface area contributed by atoms with Gasteiger partial charge in [0.15, 0.2) is 0 Å². The van der Waals surface area contributed by atoms with E-state index in [0.29, 0.717) is 20.1 Å². The van der Waals surface area contributed by atoms with E-state index in [4.69, 9.17) is 46.4 Å². The Labute approximate surface area is 120 Å². The molecule has 0 aromatic heterocycles. The van der Waals surface area contributed by atoms with Gasteiger partial charge in [-0.25, -0.2) is 0 Å². The molecular weight excluding hydrogens is 298 g/mol. The molecule has 0 fully saturated rings. The Hall–Kier alpha value is -0.400. The third kappa shape index (κ3) is 2.89. The minimum absolute atomic E-state index is 0.505. The summed E-state index contributed by atoms with van der Waals surface area (Å²) in [6, 6.07) is 10.9. The highest BCUT2D eigenvalue weighted by molar-refractivity contribution is 6.43. The van der Waals surface area contributed by atoms with Crippen LogP contribution in [0.4, 0.5) is 0 Å². The van der Waals surface area contributed by atoms with Crippen molar-refractivity contribution in [2.45, 2.75) is 0 Å². The predicted octanol–water partition coefficient (Wildman–Crippen LogP) is 5.90. The Kier molecular flexibility index (Phi) is 4.22. The topological polar surface area (TPSA) is 0 Å². The summed E-state index contributed by atoms with van der Waals surface area (Å²) >= 11 is 24.1. The van der Waals surface area contributed by atoms with E-state index >= 15 is 0 Å². The fraction of sp³-hybridized carbons (Fsp3) is 0. The Balaban J connectivity index is 2.38. The second-order valence-electron chi connectivity index (χ2n) is 3.43. The summed E-state index contributed by atoms with van der Waals surface area (Å²) in [6.45, 7) is 0. The summed E-state index contributed by atoms with van der Waals surface area (Å²) in [5.41, 5.74) is 1.62. The quantitative estimate of drug-likeness (QED) is 0.648. The van der Waals surface area contributed by atoms with Crippen molar-refractivity contribution in [2.75, 3.05) is 0 Å². The second kappa shape index (κ2) is 5.49. The molecular formula is C13H7Cl4. The van der Waals surface area contributed by atoms with Gasteiger partial charge in [-0.1, -0.05) is 70.7 Å². The number of benzene rings is 2. The van der Waals surface area contributed by atoms with Gasteiger partial charge < -0.3 is 0 Å². The van der Waals surface area contributed by atoms with Crippen molar-refractivity contribution < 1.29 is 0 Å². The molecule has 0 amide bonds. The summed E-state index contributed by atoms with van der Waals surface area (Å²) in [6.07, 6.45) is 1.85. The van der Waals surface area contributed by atoms with E-state index < -0.39 is 0 Å². The highest BCUT2D eigenvalue weighted by Gasteiger charge is 2.09. The van der Waals surface area contributed by atoms with Gasteiger partial charge in [-0.15, -0.1) is 0 Å². The maximum absolute atomic E-state index is 6.10. The van der Waals surface area contributed by atoms with Gasteiger partial charge in [-0.3, -0.25) is 0 Å². The molecule has 4 heteroatoms. The summed E-state index contributed by atoms with van der Waals surface area (Å²) < 4.78 is 0. The molecule has 2 aromatic rings. The second-order valence-corrected chi connectivity index (χ2v) is 5.00. The van der Waals surface area contributed by atoms with Gasteiger partial charge in [0, 0.05) is 6.42 Å². The number of rotatable bonds is 2. The minimum atomic E-state index is 0.505. The molecule has 0 bridgehead atoms. The van der Waals surface area contributed by atoms with E-state index in [1.165, 1.54) is 0 Å². The fourth-order valence-electron chi connectivity index (χ4n) is 1.43. The summed E-state index contributed by atoms with van der Waals surface area (Å²) in [4.78, 5) is 0. The van der Waals surface area contributed by atoms with Crippen LogP contribution in [0.1, 0.15) is 11.1 Å². The van der Waals surface area contributed by atoms with Crippen LogP contribution in [0.25, 0.3) is 0 Å². The largest absolute Gasteiger partial charge is 0.0827 e. The molecule has 0 aliphatic carbocycles. The van der Waals surface area contributed by atoms with Gasteiger partial charge in [0.2, 0.25) is 0 Å². The summed E-state index contributed by atoms with van der Waals surface area (Å²) in [5, 5.41) is 2.03. The van der Waals surface area contributed by atoms with Gasteiger partial charge in [-0.2, -0.15) is 0 Å². The standard InChI is InChI=1S/C13H7Cl4/c14-10-5-1-3-8(12(10)16)7-9-4-2-6-11(15)13(9)17/h1-7H. The van der Waals surface area contributed by atoms with Crippen molar-refractivity contribution >= 4 is 46.4 Å². The summed E-state index contributed by atoms with van der Waals surface area (Å²) in [5.74, 6) is 0. The molecule has 1 radical (unpaired) electrons. The monoisotopic (exact) mass is 303 g/mol. The van der Waals surface area contributed by atoms with Crippen molar-refractivity contribution in [3.63, 3.8) is 0 Å². The SMILES string of the molecule is Clc1cccc([CH]c2cccc(Cl)c2Cl)c1Cl. The van der Waals surface area contributed by atoms with Crippen molar-refractivity contribution in [1.29, 1.82) is 0 Å². The van der Waals surface area contributed by atoms with Crippen LogP contribution in [-0.4, -0.2) is 0 Å². The molecule has 0 nitrogen and oxygen atoms in total. The highest BCUT2D eigenvalue weighted by atomic mass is 35.5. The minimum Gasteiger partial charge on any atom is -0.0827 e. The van der Waals surface area contributed by atoms with Gasteiger partial charge in [0.25, 0.3) is 0 Å². The first-order valence-corrected chi connectivity index (χ1v) is 6.33. The molecule has 0 atom stereocenters. The molecule has 0 N–H and O–H groups in total. The van der Waals surface area contributed by atoms with Crippen LogP contribution < -0.4 is 0 Å². The molecule has 0 spiro atoms. The first-order chi connectivity index (χ1) is 8.09. The van der Waals surface area contributed by atoms with E-state index in [9.17, 15) is 0 Å². The molecule has 0 saturated heterocycles. The Morgan fingerprint density at radius 3 is 1.47 bits per heavy atom. The molecule has 0 aliphatic heterocycles. The third-order valence-electron chi connectivity index (χ3n) is 2.27. The van der Waals surface area contributed by atoms with E-state index in [1.54, 1.807) is 12.1 Å². The van der Waals surface area contributed by atoms with Crippen molar-refractivity contribution in [3.05, 3.63) is 74.0 Å². The lowest BCUT2D eigenvalue weighted by molar-refractivity contribution is 1.43. The maximum atomic E-state index is 6.10. The normalized spacial score (nSPS) is 10.6. The molecule has 0 heterocycles. The first kappa shape index (κ1) is 13.0. The average Bonchev–Trinajstić information content (AvgIpc) is 2.31. The number of halogens is 4. The average molecular weight is 305 g/mol. The lowest BCUT2D eigenvalue weighted by Crippen LogP contribution is -1.88. The zero-order chi connectivity index (χ0) is 12.4. The lowest BCUT2D eigenvalue weighted by Gasteiger charge is -2.08. The van der Waals surface area contributed by atoms with E-state index in [1.807, 2.05) is 30.7 Å². The number of hydrogen-bond donors (Lipinski definition) is 0. The molecule has 87 valence electrons. The lowest BCUT2D eigenvalue weighted by atomic mass is 10.1. The zero-order valence-corrected chi connectivity index (χ0v) is 11.6. The third-order valence-corrected chi connectivity index (χ3v) is 3.94. The van der Waals surface area contributed by atoms with E-state index in [-0.39, 0.29) is 0 Å². The molecule has 17 heavy (non-hydrogen) atoms. The smallest absolute Gasteiger partial charge is 0.0630 e. The Bertz CT molecular complexity index is 500. The molecule has 0 aliphatic rings. The molecule has 2 aromatic carbocycles. The van der Waals surface area contributed by atoms with Gasteiger partial charge in [-0.05, 0) is 23.3 Å². The van der Waals surface area contributed by atoms with Crippen molar-refractivity contribution in [1.82, 2.24) is 0 Å². The molecule has 0 saturated carbocycles. The van der Waals surface area contributed by atoms with Crippen LogP contribution in [0.2, 0.25) is 20.1 Å². The Morgan fingerprint density at radius 1 is 0.647 bits per heavy atom. The predicted molar refractivity (Wildman–Crippen MR) is 75.4 cm³/mol. The molecule has 0 unspecified atom stereocenters. The van der Waals surface area contributed by atoms with Gasteiger partial charge in [0.1, 0.15) is 0 Å². The van der Waals surface area contributed by atoms with Gasteiger partial charge in [0.05, 0.1) is 20.1 Å². The first-order valence-electron chi connectivity index (χ1n) is 4.82. The summed E-state index contributed by atoms with van der Waals surface area (Å²) in [7, 11) is 0. The van der Waals surface area contributed by atoms with Crippen LogP contribution in [-0.2, 0) is 0 Å². The molecule has 2 rings (SSSR count). The van der Waals surface area contributed by atoms with Crippen LogP contribution in [0.15, 0.2) is 36.4 Å². The van der Waals surface area contributed by atoms with E-state index in [0.717, 1.165) is 11.1 Å². The van der Waals surface area contributed by atoms with E-state index in [2.05, 4.69) is 0 Å². The maximum Gasteiger partial charge on any atom is 0.0630 e. The van der Waals surface area contributed by atoms with Crippen LogP contribution in [0.3, 0.4) is 0 Å². The van der Waals surface area contributed by atoms with Crippen LogP contribution in [0, 0.1) is 6.42 Å². The number of hydrogen-bond acceptors (Lipinski definition) is 0. The van der Waals surface area contributed by atoms with Crippen LogP contribution >= 0.6 is 46.4 Å². The highest BCUT2D eigenvalue weighted by Crippen LogP contribution is 2.32. The van der Waals surface area contributed by atoms with Crippen LogP contribution in [0.5, 0.6) is 0 Å². The van der Waals surface area contributed by atoms with Gasteiger partial charge >= 0.3 is 0 Å². The van der Waals surface area contributed by atoms with Crippen molar-refractivity contribution in [2.24, 2.45) is 0 Å². The van der Waals surface area contributed by atoms with Crippen molar-refractivity contribution in [3.8, 4) is 0 Å². The Morgan fingerprint density at radius 2 is 1.06 bits per heavy atom. The fourth-order valence-corrected chi connectivity index (χ4v) is 2.16. The zero-order valence-electron chi connectivity index (χ0n) is 8.55.